The summed E-state index contributed by atoms with van der Waals surface area (Å²) in [5.41, 5.74) is 4.20. The Bertz CT molecular complexity index is 995. The van der Waals surface area contributed by atoms with Gasteiger partial charge in [0.15, 0.2) is 0 Å². The predicted molar refractivity (Wildman–Crippen MR) is 127 cm³/mol. The standard InChI is InChI=1S/C25H31N5O2/c1-20-16-23(27-32-20)18-28(2)19-25(31)26-22-8-10-24(11-9-22)30-14-12-29(13-15-30)17-21-6-4-3-5-7-21/h3-11,16H,12-15,17-19H2,1-2H3,(H,26,31). The van der Waals surface area contributed by atoms with Crippen LogP contribution in [-0.4, -0.2) is 60.6 Å². The van der Waals surface area contributed by atoms with Crippen LogP contribution in [0, 0.1) is 6.92 Å². The Balaban J connectivity index is 1.22. The molecule has 32 heavy (non-hydrogen) atoms. The van der Waals surface area contributed by atoms with E-state index in [4.69, 9.17) is 4.52 Å². The molecule has 0 spiro atoms. The zero-order valence-corrected chi connectivity index (χ0v) is 18.8. The number of benzene rings is 2. The first-order chi connectivity index (χ1) is 15.5. The molecule has 1 aliphatic heterocycles. The number of aromatic nitrogens is 1. The van der Waals surface area contributed by atoms with Crippen molar-refractivity contribution >= 4 is 17.3 Å². The van der Waals surface area contributed by atoms with E-state index in [1.54, 1.807) is 0 Å². The number of aryl methyl sites for hydroxylation is 1. The Morgan fingerprint density at radius 3 is 2.44 bits per heavy atom. The van der Waals surface area contributed by atoms with Crippen LogP contribution in [0.2, 0.25) is 0 Å². The van der Waals surface area contributed by atoms with Gasteiger partial charge in [-0.2, -0.15) is 0 Å². The van der Waals surface area contributed by atoms with Gasteiger partial charge in [0.25, 0.3) is 0 Å². The summed E-state index contributed by atoms with van der Waals surface area (Å²) in [7, 11) is 1.89. The van der Waals surface area contributed by atoms with Crippen LogP contribution in [0.15, 0.2) is 65.2 Å². The highest BCUT2D eigenvalue weighted by atomic mass is 16.5. The number of likely N-dealkylation sites (N-methyl/N-ethyl adjacent to an activating group) is 1. The smallest absolute Gasteiger partial charge is 0.238 e. The zero-order chi connectivity index (χ0) is 22.3. The van der Waals surface area contributed by atoms with E-state index in [1.807, 2.05) is 37.1 Å². The molecule has 2 heterocycles. The zero-order valence-electron chi connectivity index (χ0n) is 18.8. The molecule has 3 aromatic rings. The summed E-state index contributed by atoms with van der Waals surface area (Å²) in [4.78, 5) is 19.2. The minimum atomic E-state index is -0.0463. The van der Waals surface area contributed by atoms with E-state index >= 15 is 0 Å². The van der Waals surface area contributed by atoms with Crippen LogP contribution >= 0.6 is 0 Å². The van der Waals surface area contributed by atoms with Crippen LogP contribution in [0.25, 0.3) is 0 Å². The average molecular weight is 434 g/mol. The number of piperazine rings is 1. The molecule has 1 aromatic heterocycles. The van der Waals surface area contributed by atoms with E-state index in [0.717, 1.165) is 49.9 Å². The van der Waals surface area contributed by atoms with Crippen molar-refractivity contribution in [2.45, 2.75) is 20.0 Å². The maximum atomic E-state index is 12.4. The second-order valence-electron chi connectivity index (χ2n) is 8.45. The average Bonchev–Trinajstić information content (AvgIpc) is 3.20. The molecule has 1 fully saturated rings. The highest BCUT2D eigenvalue weighted by Gasteiger charge is 2.17. The normalized spacial score (nSPS) is 14.7. The van der Waals surface area contributed by atoms with Gasteiger partial charge in [-0.1, -0.05) is 35.5 Å². The molecule has 4 rings (SSSR count). The number of nitrogens with zero attached hydrogens (tertiary/aromatic N) is 4. The van der Waals surface area contributed by atoms with Crippen LogP contribution in [0.1, 0.15) is 17.0 Å². The number of anilines is 2. The number of rotatable bonds is 8. The van der Waals surface area contributed by atoms with Crippen LogP contribution in [0.4, 0.5) is 11.4 Å². The fourth-order valence-electron chi connectivity index (χ4n) is 4.03. The van der Waals surface area contributed by atoms with Gasteiger partial charge in [-0.15, -0.1) is 0 Å². The van der Waals surface area contributed by atoms with Gasteiger partial charge < -0.3 is 14.7 Å². The molecule has 7 heteroatoms. The summed E-state index contributed by atoms with van der Waals surface area (Å²) < 4.78 is 5.08. The van der Waals surface area contributed by atoms with Crippen molar-refractivity contribution in [3.05, 3.63) is 77.7 Å². The minimum Gasteiger partial charge on any atom is -0.369 e. The minimum absolute atomic E-state index is 0.0463. The molecule has 7 nitrogen and oxygen atoms in total. The quantitative estimate of drug-likeness (QED) is 0.588. The second kappa shape index (κ2) is 10.4. The number of amides is 1. The second-order valence-corrected chi connectivity index (χ2v) is 8.45. The van der Waals surface area contributed by atoms with Crippen molar-refractivity contribution in [1.82, 2.24) is 15.0 Å². The number of carbonyl (C=O) groups excluding carboxylic acids is 1. The number of hydrogen-bond acceptors (Lipinski definition) is 6. The predicted octanol–water partition coefficient (Wildman–Crippen LogP) is 3.38. The largest absolute Gasteiger partial charge is 0.369 e. The third-order valence-electron chi connectivity index (χ3n) is 5.66. The topological polar surface area (TPSA) is 64.9 Å². The SMILES string of the molecule is Cc1cc(CN(C)CC(=O)Nc2ccc(N3CCN(Cc4ccccc4)CC3)cc2)no1. The van der Waals surface area contributed by atoms with E-state index in [9.17, 15) is 4.79 Å². The van der Waals surface area contributed by atoms with Gasteiger partial charge in [0, 0.05) is 56.7 Å². The fraction of sp³-hybridized carbons (Fsp3) is 0.360. The first kappa shape index (κ1) is 22.0. The maximum absolute atomic E-state index is 12.4. The fourth-order valence-corrected chi connectivity index (χ4v) is 4.03. The summed E-state index contributed by atoms with van der Waals surface area (Å²) in [6.07, 6.45) is 0. The van der Waals surface area contributed by atoms with Crippen molar-refractivity contribution < 1.29 is 9.32 Å². The first-order valence-corrected chi connectivity index (χ1v) is 11.1. The monoisotopic (exact) mass is 433 g/mol. The third kappa shape index (κ3) is 6.18. The Labute approximate surface area is 189 Å². The Hall–Kier alpha value is -3.16. The lowest BCUT2D eigenvalue weighted by molar-refractivity contribution is -0.117. The summed E-state index contributed by atoms with van der Waals surface area (Å²) in [6.45, 7) is 7.82. The lowest BCUT2D eigenvalue weighted by Crippen LogP contribution is -2.45. The Morgan fingerprint density at radius 1 is 1.06 bits per heavy atom. The van der Waals surface area contributed by atoms with Gasteiger partial charge in [0.1, 0.15) is 5.76 Å². The van der Waals surface area contributed by atoms with Crippen LogP contribution in [-0.2, 0) is 17.9 Å². The summed E-state index contributed by atoms with van der Waals surface area (Å²) in [6, 6.07) is 20.6. The van der Waals surface area contributed by atoms with Crippen LogP contribution in [0.3, 0.4) is 0 Å². The molecule has 168 valence electrons. The molecule has 0 radical (unpaired) electrons. The molecule has 0 unspecified atom stereocenters. The van der Waals surface area contributed by atoms with Gasteiger partial charge in [0.2, 0.25) is 5.91 Å². The lowest BCUT2D eigenvalue weighted by atomic mass is 10.2. The van der Waals surface area contributed by atoms with E-state index in [2.05, 4.69) is 62.7 Å². The van der Waals surface area contributed by atoms with E-state index in [-0.39, 0.29) is 12.5 Å². The van der Waals surface area contributed by atoms with Gasteiger partial charge in [-0.25, -0.2) is 0 Å². The van der Waals surface area contributed by atoms with E-state index in [1.165, 1.54) is 11.3 Å². The maximum Gasteiger partial charge on any atom is 0.238 e. The van der Waals surface area contributed by atoms with Crippen molar-refractivity contribution in [3.63, 3.8) is 0 Å². The van der Waals surface area contributed by atoms with E-state index < -0.39 is 0 Å². The van der Waals surface area contributed by atoms with Crippen molar-refractivity contribution in [2.75, 3.05) is 50.0 Å². The molecule has 2 aromatic carbocycles. The van der Waals surface area contributed by atoms with Crippen LogP contribution < -0.4 is 10.2 Å². The highest BCUT2D eigenvalue weighted by Crippen LogP contribution is 2.20. The molecule has 0 aliphatic carbocycles. The molecule has 1 amide bonds. The number of nitrogens with one attached hydrogen (secondary N) is 1. The molecule has 0 bridgehead atoms. The summed E-state index contributed by atoms with van der Waals surface area (Å²) in [5, 5.41) is 6.95. The van der Waals surface area contributed by atoms with Crippen molar-refractivity contribution in [2.24, 2.45) is 0 Å². The number of carbonyl (C=O) groups is 1. The van der Waals surface area contributed by atoms with Crippen molar-refractivity contribution in [3.8, 4) is 0 Å². The van der Waals surface area contributed by atoms with Crippen molar-refractivity contribution in [1.29, 1.82) is 0 Å². The molecule has 1 N–H and O–H groups in total. The van der Waals surface area contributed by atoms with Gasteiger partial charge >= 0.3 is 0 Å². The highest BCUT2D eigenvalue weighted by molar-refractivity contribution is 5.92. The Morgan fingerprint density at radius 2 is 1.78 bits per heavy atom. The number of hydrogen-bond donors (Lipinski definition) is 1. The third-order valence-corrected chi connectivity index (χ3v) is 5.66. The molecule has 0 atom stereocenters. The summed E-state index contributed by atoms with van der Waals surface area (Å²) in [5.74, 6) is 0.727. The van der Waals surface area contributed by atoms with Gasteiger partial charge in [0.05, 0.1) is 12.2 Å². The molecule has 1 aliphatic rings. The molecule has 1 saturated heterocycles. The van der Waals surface area contributed by atoms with Gasteiger partial charge in [-0.3, -0.25) is 14.6 Å². The van der Waals surface area contributed by atoms with E-state index in [0.29, 0.717) is 6.54 Å². The molecular formula is C25H31N5O2. The summed E-state index contributed by atoms with van der Waals surface area (Å²) >= 11 is 0. The first-order valence-electron chi connectivity index (χ1n) is 11.1. The molecule has 0 saturated carbocycles. The van der Waals surface area contributed by atoms with Gasteiger partial charge in [-0.05, 0) is 43.8 Å². The molecular weight excluding hydrogens is 402 g/mol. The Kier molecular flexibility index (Phi) is 7.19. The van der Waals surface area contributed by atoms with Crippen LogP contribution in [0.5, 0.6) is 0 Å². The lowest BCUT2D eigenvalue weighted by Gasteiger charge is -2.36.